The van der Waals surface area contributed by atoms with Crippen LogP contribution in [0.25, 0.3) is 17.0 Å². The van der Waals surface area contributed by atoms with Crippen molar-refractivity contribution in [1.29, 1.82) is 0 Å². The van der Waals surface area contributed by atoms with Crippen LogP contribution in [0.4, 0.5) is 10.1 Å². The lowest BCUT2D eigenvalue weighted by Gasteiger charge is -2.10. The number of hydrogen-bond acceptors (Lipinski definition) is 3. The number of aromatic amines is 1. The molecule has 5 nitrogen and oxygen atoms in total. The molecule has 0 bridgehead atoms. The molecule has 0 aliphatic rings. The molecule has 3 rings (SSSR count). The van der Waals surface area contributed by atoms with Gasteiger partial charge < -0.3 is 10.1 Å². The van der Waals surface area contributed by atoms with Gasteiger partial charge in [-0.05, 0) is 36.8 Å². The predicted octanol–water partition coefficient (Wildman–Crippen LogP) is 3.81. The van der Waals surface area contributed by atoms with Gasteiger partial charge in [0, 0.05) is 29.8 Å². The summed E-state index contributed by atoms with van der Waals surface area (Å²) in [5.41, 5.74) is 3.42. The Hall–Kier alpha value is -2.99. The minimum absolute atomic E-state index is 0.0852. The van der Waals surface area contributed by atoms with E-state index in [9.17, 15) is 9.18 Å². The van der Waals surface area contributed by atoms with E-state index >= 15 is 0 Å². The number of nitrogens with one attached hydrogen (secondary N) is 2. The van der Waals surface area contributed by atoms with E-state index in [1.807, 2.05) is 25.1 Å². The molecule has 0 radical (unpaired) electrons. The zero-order chi connectivity index (χ0) is 17.8. The maximum absolute atomic E-state index is 13.8. The van der Waals surface area contributed by atoms with E-state index < -0.39 is 5.82 Å². The Morgan fingerprint density at radius 1 is 1.36 bits per heavy atom. The Labute approximate surface area is 144 Å². The molecule has 2 N–H and O–H groups in total. The average molecular weight is 339 g/mol. The van der Waals surface area contributed by atoms with Crippen molar-refractivity contribution in [2.45, 2.75) is 13.5 Å². The molecule has 0 atom stereocenters. The lowest BCUT2D eigenvalue weighted by atomic mass is 10.1. The van der Waals surface area contributed by atoms with Gasteiger partial charge in [0.1, 0.15) is 5.82 Å². The zero-order valence-corrected chi connectivity index (χ0v) is 14.0. The van der Waals surface area contributed by atoms with Crippen molar-refractivity contribution in [3.63, 3.8) is 0 Å². The van der Waals surface area contributed by atoms with Crippen LogP contribution >= 0.6 is 0 Å². The Balaban J connectivity index is 1.75. The first-order valence-electron chi connectivity index (χ1n) is 7.78. The van der Waals surface area contributed by atoms with Crippen LogP contribution in [0.15, 0.2) is 42.5 Å². The number of nitrogens with zero attached hydrogens (tertiary/aromatic N) is 1. The van der Waals surface area contributed by atoms with Crippen molar-refractivity contribution in [1.82, 2.24) is 10.2 Å². The molecule has 6 heteroatoms. The quantitative estimate of drug-likeness (QED) is 0.695. The van der Waals surface area contributed by atoms with Crippen LogP contribution in [0, 0.1) is 12.7 Å². The molecule has 1 heterocycles. The highest BCUT2D eigenvalue weighted by Gasteiger charge is 2.09. The number of hydrogen-bond donors (Lipinski definition) is 2. The van der Waals surface area contributed by atoms with E-state index in [0.717, 1.165) is 22.2 Å². The summed E-state index contributed by atoms with van der Waals surface area (Å²) in [5.74, 6) is -0.757. The van der Waals surface area contributed by atoms with Crippen LogP contribution in [0.1, 0.15) is 16.8 Å². The largest absolute Gasteiger partial charge is 0.380 e. The van der Waals surface area contributed by atoms with Crippen LogP contribution < -0.4 is 5.32 Å². The zero-order valence-electron chi connectivity index (χ0n) is 14.0. The number of ether oxygens (including phenoxy) is 1. The first-order chi connectivity index (χ1) is 12.1. The first-order valence-corrected chi connectivity index (χ1v) is 7.78. The molecular weight excluding hydrogens is 321 g/mol. The van der Waals surface area contributed by atoms with E-state index in [1.54, 1.807) is 18.2 Å². The molecule has 0 spiro atoms. The third kappa shape index (κ3) is 3.75. The number of halogens is 1. The highest BCUT2D eigenvalue weighted by atomic mass is 19.1. The molecule has 25 heavy (non-hydrogen) atoms. The Bertz CT molecular complexity index is 947. The normalized spacial score (nSPS) is 11.3. The molecule has 0 saturated carbocycles. The molecule has 1 amide bonds. The maximum Gasteiger partial charge on any atom is 0.248 e. The molecule has 128 valence electrons. The number of amides is 1. The SMILES string of the molecule is COCc1c(F)cccc1NC(=O)/C=C/c1ccc2c(C)n[nH]c2c1. The summed E-state index contributed by atoms with van der Waals surface area (Å²) in [4.78, 5) is 12.1. The summed E-state index contributed by atoms with van der Waals surface area (Å²) in [6.07, 6.45) is 3.10. The van der Waals surface area contributed by atoms with Crippen molar-refractivity contribution in [2.24, 2.45) is 0 Å². The predicted molar refractivity (Wildman–Crippen MR) is 95.6 cm³/mol. The van der Waals surface area contributed by atoms with Gasteiger partial charge in [0.25, 0.3) is 0 Å². The van der Waals surface area contributed by atoms with Gasteiger partial charge in [0.2, 0.25) is 5.91 Å². The smallest absolute Gasteiger partial charge is 0.248 e. The number of rotatable bonds is 5. The summed E-state index contributed by atoms with van der Waals surface area (Å²) < 4.78 is 18.8. The number of H-pyrrole nitrogens is 1. The van der Waals surface area contributed by atoms with Gasteiger partial charge >= 0.3 is 0 Å². The van der Waals surface area contributed by atoms with Crippen LogP contribution in [0.2, 0.25) is 0 Å². The topological polar surface area (TPSA) is 67.0 Å². The van der Waals surface area contributed by atoms with Crippen molar-refractivity contribution in [3.05, 3.63) is 65.1 Å². The van der Waals surface area contributed by atoms with Gasteiger partial charge in [0.05, 0.1) is 17.8 Å². The van der Waals surface area contributed by atoms with Gasteiger partial charge in [-0.1, -0.05) is 18.2 Å². The Morgan fingerprint density at radius 3 is 3.00 bits per heavy atom. The standard InChI is InChI=1S/C19H18FN3O2/c1-12-14-8-6-13(10-18(14)23-22-12)7-9-19(24)21-17-5-3-4-16(20)15(17)11-25-2/h3-10H,11H2,1-2H3,(H,21,24)(H,22,23)/b9-7+. The highest BCUT2D eigenvalue weighted by Crippen LogP contribution is 2.20. The lowest BCUT2D eigenvalue weighted by molar-refractivity contribution is -0.111. The molecule has 0 aliphatic carbocycles. The fraction of sp³-hybridized carbons (Fsp3) is 0.158. The number of methoxy groups -OCH3 is 1. The Kier molecular flexibility index (Phi) is 4.90. The second kappa shape index (κ2) is 7.27. The van der Waals surface area contributed by atoms with Gasteiger partial charge in [-0.2, -0.15) is 5.10 Å². The highest BCUT2D eigenvalue weighted by molar-refractivity contribution is 6.02. The van der Waals surface area contributed by atoms with Gasteiger partial charge in [-0.15, -0.1) is 0 Å². The third-order valence-electron chi connectivity index (χ3n) is 3.87. The minimum Gasteiger partial charge on any atom is -0.380 e. The second-order valence-corrected chi connectivity index (χ2v) is 5.64. The van der Waals surface area contributed by atoms with E-state index in [4.69, 9.17) is 4.74 Å². The number of aryl methyl sites for hydroxylation is 1. The number of carbonyl (C=O) groups is 1. The van der Waals surface area contributed by atoms with Crippen molar-refractivity contribution < 1.29 is 13.9 Å². The number of fused-ring (bicyclic) bond motifs is 1. The fourth-order valence-corrected chi connectivity index (χ4v) is 2.59. The van der Waals surface area contributed by atoms with Crippen LogP contribution in [0.3, 0.4) is 0 Å². The summed E-state index contributed by atoms with van der Waals surface area (Å²) in [7, 11) is 1.48. The molecule has 0 aliphatic heterocycles. The van der Waals surface area contributed by atoms with Crippen LogP contribution in [-0.4, -0.2) is 23.2 Å². The van der Waals surface area contributed by atoms with E-state index in [2.05, 4.69) is 15.5 Å². The minimum atomic E-state index is -0.413. The van der Waals surface area contributed by atoms with Crippen molar-refractivity contribution >= 4 is 28.6 Å². The molecule has 0 saturated heterocycles. The van der Waals surface area contributed by atoms with Crippen molar-refractivity contribution in [2.75, 3.05) is 12.4 Å². The fourth-order valence-electron chi connectivity index (χ4n) is 2.59. The first kappa shape index (κ1) is 16.9. The average Bonchev–Trinajstić information content (AvgIpc) is 2.97. The lowest BCUT2D eigenvalue weighted by Crippen LogP contribution is -2.11. The molecule has 1 aromatic heterocycles. The number of carbonyl (C=O) groups excluding carboxylic acids is 1. The number of benzene rings is 2. The monoisotopic (exact) mass is 339 g/mol. The Morgan fingerprint density at radius 2 is 2.20 bits per heavy atom. The van der Waals surface area contributed by atoms with E-state index in [0.29, 0.717) is 11.3 Å². The molecule has 3 aromatic rings. The van der Waals surface area contributed by atoms with Gasteiger partial charge in [-0.3, -0.25) is 9.89 Å². The molecular formula is C19H18FN3O2. The summed E-state index contributed by atoms with van der Waals surface area (Å²) in [6, 6.07) is 10.3. The maximum atomic E-state index is 13.8. The molecule has 2 aromatic carbocycles. The van der Waals surface area contributed by atoms with Crippen molar-refractivity contribution in [3.8, 4) is 0 Å². The van der Waals surface area contributed by atoms with E-state index in [-0.39, 0.29) is 12.5 Å². The van der Waals surface area contributed by atoms with Crippen LogP contribution in [-0.2, 0) is 16.1 Å². The summed E-state index contributed by atoms with van der Waals surface area (Å²) in [5, 5.41) is 10.8. The number of aromatic nitrogens is 2. The van der Waals surface area contributed by atoms with Gasteiger partial charge in [-0.25, -0.2) is 4.39 Å². The molecule has 0 fully saturated rings. The summed E-state index contributed by atoms with van der Waals surface area (Å²) in [6.45, 7) is 2.01. The van der Waals surface area contributed by atoms with E-state index in [1.165, 1.54) is 19.3 Å². The van der Waals surface area contributed by atoms with Crippen LogP contribution in [0.5, 0.6) is 0 Å². The third-order valence-corrected chi connectivity index (χ3v) is 3.87. The second-order valence-electron chi connectivity index (χ2n) is 5.64. The molecule has 0 unspecified atom stereocenters. The van der Waals surface area contributed by atoms with Gasteiger partial charge in [0.15, 0.2) is 0 Å². The number of anilines is 1. The summed E-state index contributed by atoms with van der Waals surface area (Å²) >= 11 is 0.